The molecule has 0 saturated heterocycles. The molecule has 1 heterocycles. The van der Waals surface area contributed by atoms with Gasteiger partial charge < -0.3 is 10.1 Å². The lowest BCUT2D eigenvalue weighted by Crippen LogP contribution is -1.80. The third-order valence-electron chi connectivity index (χ3n) is 1.96. The Kier molecular flexibility index (Phi) is 1.96. The fraction of sp³-hybridized carbons (Fsp3) is 0.100. The maximum atomic E-state index is 12.7. The Morgan fingerprint density at radius 3 is 2.79 bits per heavy atom. The smallest absolute Gasteiger partial charge is 0.164 e. The second-order valence-electron chi connectivity index (χ2n) is 3.05. The van der Waals surface area contributed by atoms with Crippen LogP contribution in [0.25, 0.3) is 11.3 Å². The standard InChI is InChI=1S/C10H9FN2O/c1-6-12-5-9(13-6)7-2-3-8(11)10(14)4-7/h2-5,14H,1H3,(H,12,13). The van der Waals surface area contributed by atoms with Gasteiger partial charge in [-0.2, -0.15) is 0 Å². The fourth-order valence-corrected chi connectivity index (χ4v) is 1.25. The van der Waals surface area contributed by atoms with Crippen LogP contribution in [-0.4, -0.2) is 15.1 Å². The molecule has 72 valence electrons. The van der Waals surface area contributed by atoms with Crippen LogP contribution < -0.4 is 0 Å². The van der Waals surface area contributed by atoms with Crippen molar-refractivity contribution in [2.75, 3.05) is 0 Å². The quantitative estimate of drug-likeness (QED) is 0.727. The van der Waals surface area contributed by atoms with Crippen molar-refractivity contribution in [3.8, 4) is 17.0 Å². The fourth-order valence-electron chi connectivity index (χ4n) is 1.25. The molecule has 0 aliphatic carbocycles. The molecule has 4 heteroatoms. The number of H-pyrrole nitrogens is 1. The molecule has 0 amide bonds. The number of aromatic amines is 1. The molecule has 1 aromatic heterocycles. The van der Waals surface area contributed by atoms with Crippen molar-refractivity contribution in [2.24, 2.45) is 0 Å². The zero-order valence-electron chi connectivity index (χ0n) is 7.58. The van der Waals surface area contributed by atoms with Gasteiger partial charge in [0, 0.05) is 5.56 Å². The van der Waals surface area contributed by atoms with Crippen molar-refractivity contribution in [3.05, 3.63) is 36.0 Å². The Labute approximate surface area is 80.2 Å². The van der Waals surface area contributed by atoms with Gasteiger partial charge in [0.1, 0.15) is 5.82 Å². The van der Waals surface area contributed by atoms with Crippen LogP contribution in [0.15, 0.2) is 24.4 Å². The highest BCUT2D eigenvalue weighted by atomic mass is 19.1. The lowest BCUT2D eigenvalue weighted by molar-refractivity contribution is 0.432. The molecule has 14 heavy (non-hydrogen) atoms. The summed E-state index contributed by atoms with van der Waals surface area (Å²) in [6.07, 6.45) is 1.64. The number of imidazole rings is 1. The van der Waals surface area contributed by atoms with Gasteiger partial charge in [-0.1, -0.05) is 0 Å². The first-order chi connectivity index (χ1) is 6.66. The first-order valence-corrected chi connectivity index (χ1v) is 4.17. The number of rotatable bonds is 1. The molecule has 2 N–H and O–H groups in total. The van der Waals surface area contributed by atoms with E-state index in [1.54, 1.807) is 12.3 Å². The molecule has 0 spiro atoms. The molecule has 0 bridgehead atoms. The van der Waals surface area contributed by atoms with Gasteiger partial charge in [0.2, 0.25) is 0 Å². The van der Waals surface area contributed by atoms with E-state index in [1.807, 2.05) is 6.92 Å². The summed E-state index contributed by atoms with van der Waals surface area (Å²) in [4.78, 5) is 7.01. The summed E-state index contributed by atoms with van der Waals surface area (Å²) in [5, 5.41) is 9.16. The lowest BCUT2D eigenvalue weighted by atomic mass is 10.1. The number of aryl methyl sites for hydroxylation is 1. The molecule has 0 radical (unpaired) electrons. The van der Waals surface area contributed by atoms with E-state index in [2.05, 4.69) is 9.97 Å². The van der Waals surface area contributed by atoms with E-state index in [4.69, 9.17) is 5.11 Å². The minimum absolute atomic E-state index is 0.352. The topological polar surface area (TPSA) is 48.9 Å². The van der Waals surface area contributed by atoms with Gasteiger partial charge in [-0.05, 0) is 25.1 Å². The number of halogens is 1. The highest BCUT2D eigenvalue weighted by Gasteiger charge is 2.04. The summed E-state index contributed by atoms with van der Waals surface area (Å²) in [5.74, 6) is -0.191. The Hall–Kier alpha value is -1.84. The van der Waals surface area contributed by atoms with Gasteiger partial charge in [0.05, 0.1) is 11.9 Å². The molecule has 1 aromatic carbocycles. The number of aromatic hydroxyl groups is 1. The normalized spacial score (nSPS) is 10.4. The van der Waals surface area contributed by atoms with E-state index in [0.29, 0.717) is 5.56 Å². The Morgan fingerprint density at radius 2 is 2.21 bits per heavy atom. The molecular formula is C10H9FN2O. The van der Waals surface area contributed by atoms with Crippen molar-refractivity contribution in [3.63, 3.8) is 0 Å². The van der Waals surface area contributed by atoms with Crippen LogP contribution in [0.2, 0.25) is 0 Å². The first-order valence-electron chi connectivity index (χ1n) is 4.17. The van der Waals surface area contributed by atoms with Gasteiger partial charge in [0.25, 0.3) is 0 Å². The van der Waals surface area contributed by atoms with Crippen molar-refractivity contribution in [1.29, 1.82) is 0 Å². The van der Waals surface area contributed by atoms with Crippen LogP contribution in [-0.2, 0) is 0 Å². The summed E-state index contributed by atoms with van der Waals surface area (Å²) in [5.41, 5.74) is 1.47. The third kappa shape index (κ3) is 1.46. The van der Waals surface area contributed by atoms with Crippen LogP contribution >= 0.6 is 0 Å². The maximum Gasteiger partial charge on any atom is 0.164 e. The van der Waals surface area contributed by atoms with Crippen molar-refractivity contribution in [1.82, 2.24) is 9.97 Å². The summed E-state index contributed by atoms with van der Waals surface area (Å²) < 4.78 is 12.7. The Morgan fingerprint density at radius 1 is 1.43 bits per heavy atom. The van der Waals surface area contributed by atoms with E-state index < -0.39 is 5.82 Å². The number of hydrogen-bond donors (Lipinski definition) is 2. The van der Waals surface area contributed by atoms with Gasteiger partial charge in [-0.3, -0.25) is 0 Å². The van der Waals surface area contributed by atoms with Gasteiger partial charge in [-0.25, -0.2) is 9.37 Å². The molecule has 0 unspecified atom stereocenters. The van der Waals surface area contributed by atoms with E-state index in [-0.39, 0.29) is 5.75 Å². The van der Waals surface area contributed by atoms with Gasteiger partial charge >= 0.3 is 0 Å². The van der Waals surface area contributed by atoms with E-state index >= 15 is 0 Å². The Balaban J connectivity index is 2.47. The lowest BCUT2D eigenvalue weighted by Gasteiger charge is -1.99. The average Bonchev–Trinajstić information content (AvgIpc) is 2.57. The van der Waals surface area contributed by atoms with Crippen LogP contribution in [0, 0.1) is 12.7 Å². The summed E-state index contributed by atoms with van der Waals surface area (Å²) in [7, 11) is 0. The zero-order valence-corrected chi connectivity index (χ0v) is 7.58. The van der Waals surface area contributed by atoms with Crippen LogP contribution in [0.4, 0.5) is 4.39 Å². The number of hydrogen-bond acceptors (Lipinski definition) is 2. The van der Waals surface area contributed by atoms with Crippen LogP contribution in [0.3, 0.4) is 0 Å². The summed E-state index contributed by atoms with van der Waals surface area (Å²) >= 11 is 0. The monoisotopic (exact) mass is 192 g/mol. The highest BCUT2D eigenvalue weighted by Crippen LogP contribution is 2.23. The van der Waals surface area contributed by atoms with E-state index in [0.717, 1.165) is 11.5 Å². The first kappa shape index (κ1) is 8.74. The molecular weight excluding hydrogens is 183 g/mol. The van der Waals surface area contributed by atoms with Crippen molar-refractivity contribution in [2.45, 2.75) is 6.92 Å². The zero-order chi connectivity index (χ0) is 10.1. The minimum Gasteiger partial charge on any atom is -0.505 e. The van der Waals surface area contributed by atoms with Crippen LogP contribution in [0.1, 0.15) is 5.82 Å². The van der Waals surface area contributed by atoms with E-state index in [1.165, 1.54) is 12.1 Å². The van der Waals surface area contributed by atoms with Gasteiger partial charge in [0.15, 0.2) is 11.6 Å². The number of benzene rings is 1. The molecule has 2 aromatic rings. The van der Waals surface area contributed by atoms with Crippen molar-refractivity contribution >= 4 is 0 Å². The number of nitrogens with one attached hydrogen (secondary N) is 1. The largest absolute Gasteiger partial charge is 0.505 e. The van der Waals surface area contributed by atoms with Gasteiger partial charge in [-0.15, -0.1) is 0 Å². The third-order valence-corrected chi connectivity index (χ3v) is 1.96. The number of phenolic OH excluding ortho intramolecular Hbond substituents is 1. The molecule has 0 saturated carbocycles. The number of phenols is 1. The summed E-state index contributed by atoms with van der Waals surface area (Å²) in [6.45, 7) is 1.83. The predicted octanol–water partition coefficient (Wildman–Crippen LogP) is 2.23. The minimum atomic E-state index is -0.620. The SMILES string of the molecule is Cc1ncc(-c2ccc(F)c(O)c2)[nH]1. The second-order valence-corrected chi connectivity index (χ2v) is 3.05. The molecule has 0 fully saturated rings. The Bertz CT molecular complexity index is 465. The van der Waals surface area contributed by atoms with Crippen molar-refractivity contribution < 1.29 is 9.50 Å². The number of aromatic nitrogens is 2. The van der Waals surface area contributed by atoms with E-state index in [9.17, 15) is 4.39 Å². The predicted molar refractivity (Wildman–Crippen MR) is 50.4 cm³/mol. The highest BCUT2D eigenvalue weighted by molar-refractivity contribution is 5.60. The maximum absolute atomic E-state index is 12.7. The molecule has 2 rings (SSSR count). The second kappa shape index (κ2) is 3.14. The average molecular weight is 192 g/mol. The molecule has 0 aliphatic rings. The molecule has 0 aliphatic heterocycles. The number of nitrogens with zero attached hydrogens (tertiary/aromatic N) is 1. The molecule has 0 atom stereocenters. The summed E-state index contributed by atoms with van der Waals surface area (Å²) in [6, 6.07) is 4.17. The molecule has 3 nitrogen and oxygen atoms in total. The van der Waals surface area contributed by atoms with Crippen LogP contribution in [0.5, 0.6) is 5.75 Å².